The SMILES string of the molecule is Nc1nc(/C(=N\OCCF)C([O-])=N[C@@H]2C(=O)N3C(C(=O)O)=C(Sc4nc(-c5ccccn5)cs4)CC[C@H]23)cs1.[Na+]. The monoisotopic (exact) mass is 611 g/mol. The fourth-order valence-electron chi connectivity index (χ4n) is 4.05. The van der Waals surface area contributed by atoms with Gasteiger partial charge in [0.1, 0.15) is 42.1 Å². The van der Waals surface area contributed by atoms with Gasteiger partial charge in [-0.3, -0.25) is 19.7 Å². The summed E-state index contributed by atoms with van der Waals surface area (Å²) in [5, 5.41) is 30.0. The number of nitrogen functional groups attached to an aromatic ring is 1. The summed E-state index contributed by atoms with van der Waals surface area (Å²) in [7, 11) is 0. The maximum Gasteiger partial charge on any atom is 1.00 e. The predicted molar refractivity (Wildman–Crippen MR) is 142 cm³/mol. The van der Waals surface area contributed by atoms with E-state index in [0.717, 1.165) is 11.3 Å². The van der Waals surface area contributed by atoms with Crippen molar-refractivity contribution in [3.05, 3.63) is 51.5 Å². The Morgan fingerprint density at radius 1 is 1.30 bits per heavy atom. The van der Waals surface area contributed by atoms with Crippen molar-refractivity contribution in [1.82, 2.24) is 19.9 Å². The number of β-lactam (4-membered cyclic amide) rings is 1. The number of pyridine rings is 1. The van der Waals surface area contributed by atoms with Crippen molar-refractivity contribution in [3.63, 3.8) is 0 Å². The van der Waals surface area contributed by atoms with Crippen LogP contribution in [-0.4, -0.2) is 73.8 Å². The Bertz CT molecular complexity index is 1500. The molecule has 2 aliphatic heterocycles. The molecule has 17 heteroatoms. The van der Waals surface area contributed by atoms with E-state index in [1.54, 1.807) is 12.3 Å². The number of halogens is 1. The van der Waals surface area contributed by atoms with Crippen LogP contribution in [0.25, 0.3) is 11.4 Å². The van der Waals surface area contributed by atoms with Crippen molar-refractivity contribution in [1.29, 1.82) is 0 Å². The number of nitrogens with zero attached hydrogens (tertiary/aromatic N) is 6. The smallest absolute Gasteiger partial charge is 0.857 e. The van der Waals surface area contributed by atoms with Crippen LogP contribution in [0.3, 0.4) is 0 Å². The minimum absolute atomic E-state index is 0. The van der Waals surface area contributed by atoms with Gasteiger partial charge < -0.3 is 20.8 Å². The number of carboxylic acids is 1. The molecule has 0 spiro atoms. The van der Waals surface area contributed by atoms with Gasteiger partial charge in [-0.2, -0.15) is 0 Å². The Kier molecular flexibility index (Phi) is 9.91. The number of aromatic nitrogens is 3. The summed E-state index contributed by atoms with van der Waals surface area (Å²) >= 11 is 3.60. The summed E-state index contributed by atoms with van der Waals surface area (Å²) in [5.74, 6) is -2.79. The molecule has 5 rings (SSSR count). The first-order valence-electron chi connectivity index (χ1n) is 11.4. The van der Waals surface area contributed by atoms with Crippen molar-refractivity contribution in [3.8, 4) is 11.4 Å². The summed E-state index contributed by atoms with van der Waals surface area (Å²) in [6, 6.07) is 3.75. The fraction of sp³-hybridized carbons (Fsp3) is 0.261. The zero-order valence-corrected chi connectivity index (χ0v) is 25.3. The second kappa shape index (κ2) is 13.2. The quantitative estimate of drug-likeness (QED) is 0.0733. The molecule has 202 valence electrons. The minimum Gasteiger partial charge on any atom is -0.857 e. The Morgan fingerprint density at radius 2 is 2.12 bits per heavy atom. The molecule has 3 N–H and O–H groups in total. The van der Waals surface area contributed by atoms with Crippen LogP contribution in [0, 0.1) is 0 Å². The summed E-state index contributed by atoms with van der Waals surface area (Å²) < 4.78 is 13.1. The van der Waals surface area contributed by atoms with Gasteiger partial charge in [-0.25, -0.2) is 19.2 Å². The zero-order valence-electron chi connectivity index (χ0n) is 20.9. The van der Waals surface area contributed by atoms with Crippen LogP contribution < -0.4 is 40.4 Å². The Morgan fingerprint density at radius 3 is 2.80 bits per heavy atom. The number of thiazole rings is 2. The third-order valence-electron chi connectivity index (χ3n) is 5.73. The number of nitrogens with two attached hydrogens (primary N) is 1. The maximum atomic E-state index is 13.1. The number of hydrogen-bond acceptors (Lipinski definition) is 13. The second-order valence-corrected chi connectivity index (χ2v) is 11.2. The third-order valence-corrected chi connectivity index (χ3v) is 8.49. The van der Waals surface area contributed by atoms with Gasteiger partial charge in [0.15, 0.2) is 9.47 Å². The number of aliphatic carboxylic acids is 1. The van der Waals surface area contributed by atoms with E-state index in [9.17, 15) is 24.2 Å². The maximum absolute atomic E-state index is 13.1. The number of amides is 1. The number of carboxylic acid groups (broad SMARTS) is 1. The van der Waals surface area contributed by atoms with E-state index in [2.05, 4.69) is 25.1 Å². The molecule has 5 heterocycles. The number of allylic oxidation sites excluding steroid dienone is 1. The standard InChI is InChI=1S/C23H20FN7O5S3.Na/c24-6-8-36-30-16(13-10-37-22(25)27-13)19(32)29-17-14-4-5-15(18(21(34)35)31(14)20(17)33)39-23-28-12(9-38-23)11-3-1-2-7-26-11;/h1-3,7,9-10,14,17H,4-6,8H2,(H2,25,27)(H,29,32)(H,34,35);/q;+1/p-1/b30-16+;/t14-,17+;/m1./s1. The number of alkyl halides is 1. The van der Waals surface area contributed by atoms with Gasteiger partial charge in [-0.15, -0.1) is 22.7 Å². The first kappa shape index (κ1) is 30.1. The van der Waals surface area contributed by atoms with Gasteiger partial charge in [0, 0.05) is 27.8 Å². The Labute approximate surface area is 261 Å². The Hall–Kier alpha value is -2.89. The molecule has 0 bridgehead atoms. The van der Waals surface area contributed by atoms with Crippen molar-refractivity contribution in [2.24, 2.45) is 10.1 Å². The molecular weight excluding hydrogens is 592 g/mol. The zero-order chi connectivity index (χ0) is 27.5. The fourth-order valence-corrected chi connectivity index (χ4v) is 6.63. The second-order valence-electron chi connectivity index (χ2n) is 8.12. The number of aliphatic imine (C=N–C) groups is 1. The molecule has 0 saturated carbocycles. The number of hydrogen-bond donors (Lipinski definition) is 2. The number of thioether (sulfide) groups is 1. The van der Waals surface area contributed by atoms with E-state index in [1.807, 2.05) is 17.5 Å². The van der Waals surface area contributed by atoms with Crippen LogP contribution in [0.1, 0.15) is 18.5 Å². The largest absolute Gasteiger partial charge is 1.00 e. The van der Waals surface area contributed by atoms with Crippen molar-refractivity contribution in [2.45, 2.75) is 29.3 Å². The van der Waals surface area contributed by atoms with E-state index in [4.69, 9.17) is 10.6 Å². The summed E-state index contributed by atoms with van der Waals surface area (Å²) in [6.45, 7) is -1.21. The molecule has 1 fully saturated rings. The molecule has 2 aliphatic rings. The third kappa shape index (κ3) is 6.21. The molecule has 3 aromatic rings. The van der Waals surface area contributed by atoms with E-state index in [1.165, 1.54) is 33.4 Å². The van der Waals surface area contributed by atoms with Crippen molar-refractivity contribution in [2.75, 3.05) is 19.0 Å². The number of oxime groups is 1. The van der Waals surface area contributed by atoms with Gasteiger partial charge in [0.05, 0.1) is 11.7 Å². The molecule has 0 aromatic carbocycles. The van der Waals surface area contributed by atoms with Gasteiger partial charge in [0.25, 0.3) is 5.91 Å². The molecule has 12 nitrogen and oxygen atoms in total. The average Bonchev–Trinajstić information content (AvgIpc) is 3.58. The number of rotatable bonds is 10. The summed E-state index contributed by atoms with van der Waals surface area (Å²) in [4.78, 5) is 48.5. The molecular formula is C23H19FN7NaO5S3. The van der Waals surface area contributed by atoms with Crippen molar-refractivity contribution < 1.29 is 58.6 Å². The first-order chi connectivity index (χ1) is 18.9. The molecule has 3 aromatic heterocycles. The van der Waals surface area contributed by atoms with Crippen molar-refractivity contribution >= 4 is 63.1 Å². The minimum atomic E-state index is -1.26. The predicted octanol–water partition coefficient (Wildman–Crippen LogP) is -0.841. The number of fused-ring (bicyclic) bond motifs is 1. The average molecular weight is 612 g/mol. The molecule has 40 heavy (non-hydrogen) atoms. The van der Waals surface area contributed by atoms with Crippen LogP contribution in [-0.2, 0) is 14.4 Å². The summed E-state index contributed by atoms with van der Waals surface area (Å²) in [6.07, 6.45) is 2.40. The Balaban J connectivity index is 0.00000370. The van der Waals surface area contributed by atoms with E-state index in [-0.39, 0.29) is 58.4 Å². The van der Waals surface area contributed by atoms with Gasteiger partial charge in [0.2, 0.25) is 0 Å². The van der Waals surface area contributed by atoms with E-state index in [0.29, 0.717) is 33.5 Å². The van der Waals surface area contributed by atoms with Crippen LogP contribution in [0.15, 0.2) is 60.2 Å². The van der Waals surface area contributed by atoms with E-state index >= 15 is 0 Å². The van der Waals surface area contributed by atoms with Crippen LogP contribution in [0.5, 0.6) is 0 Å². The number of carbonyl (C=O) groups excluding carboxylic acids is 1. The number of carbonyl (C=O) groups is 2. The van der Waals surface area contributed by atoms with Crippen LogP contribution in [0.2, 0.25) is 0 Å². The van der Waals surface area contributed by atoms with E-state index < -0.39 is 36.5 Å². The van der Waals surface area contributed by atoms with Gasteiger partial charge in [-0.05, 0) is 25.0 Å². The molecule has 0 radical (unpaired) electrons. The molecule has 1 saturated heterocycles. The van der Waals surface area contributed by atoms with Crippen LogP contribution >= 0.6 is 34.4 Å². The molecule has 2 atom stereocenters. The summed E-state index contributed by atoms with van der Waals surface area (Å²) in [5.41, 5.74) is 6.61. The molecule has 1 amide bonds. The number of anilines is 1. The van der Waals surface area contributed by atoms with Gasteiger partial charge in [-0.1, -0.05) is 23.0 Å². The van der Waals surface area contributed by atoms with Crippen LogP contribution in [0.4, 0.5) is 9.52 Å². The molecule has 0 unspecified atom stereocenters. The topological polar surface area (TPSA) is 179 Å². The first-order valence-corrected chi connectivity index (χ1v) is 14.0. The molecule has 0 aliphatic carbocycles. The van der Waals surface area contributed by atoms with Gasteiger partial charge >= 0.3 is 35.5 Å². The normalized spacial score (nSPS) is 19.1.